The molecule has 0 atom stereocenters. The van der Waals surface area contributed by atoms with Gasteiger partial charge >= 0.3 is 5.97 Å². The van der Waals surface area contributed by atoms with E-state index in [1.807, 2.05) is 72.8 Å². The van der Waals surface area contributed by atoms with E-state index >= 15 is 0 Å². The molecule has 0 saturated heterocycles. The molecule has 1 heterocycles. The lowest BCUT2D eigenvalue weighted by Gasteiger charge is -2.33. The number of para-hydroxylation sites is 1. The number of hydrogen-bond acceptors (Lipinski definition) is 4. The molecule has 0 unspecified atom stereocenters. The molecule has 4 aromatic rings. The van der Waals surface area contributed by atoms with Gasteiger partial charge in [0.05, 0.1) is 6.26 Å². The van der Waals surface area contributed by atoms with Gasteiger partial charge in [0, 0.05) is 18.1 Å². The molecule has 1 aromatic heterocycles. The number of ether oxygens (including phenoxy) is 2. The van der Waals surface area contributed by atoms with Crippen LogP contribution in [0.25, 0.3) is 11.0 Å². The molecule has 0 aliphatic heterocycles. The number of hydrogen-bond donors (Lipinski definition) is 1. The van der Waals surface area contributed by atoms with Gasteiger partial charge in [-0.25, -0.2) is 4.79 Å². The summed E-state index contributed by atoms with van der Waals surface area (Å²) < 4.78 is 17.5. The largest absolute Gasteiger partial charge is 0.479 e. The maximum atomic E-state index is 10.9. The Balaban J connectivity index is 1.96. The zero-order valence-electron chi connectivity index (χ0n) is 15.9. The summed E-state index contributed by atoms with van der Waals surface area (Å²) in [7, 11) is 1.67. The van der Waals surface area contributed by atoms with Gasteiger partial charge in [0.2, 0.25) is 0 Å². The van der Waals surface area contributed by atoms with Crippen molar-refractivity contribution in [2.24, 2.45) is 0 Å². The summed E-state index contributed by atoms with van der Waals surface area (Å²) in [6, 6.07) is 25.3. The van der Waals surface area contributed by atoms with E-state index in [1.165, 1.54) is 0 Å². The van der Waals surface area contributed by atoms with Crippen LogP contribution in [-0.4, -0.2) is 24.8 Å². The van der Waals surface area contributed by atoms with Crippen molar-refractivity contribution in [3.8, 4) is 5.75 Å². The lowest BCUT2D eigenvalue weighted by atomic mass is 9.80. The maximum absolute atomic E-state index is 10.9. The fourth-order valence-corrected chi connectivity index (χ4v) is 3.73. The molecule has 0 spiro atoms. The van der Waals surface area contributed by atoms with E-state index in [9.17, 15) is 4.79 Å². The van der Waals surface area contributed by atoms with Crippen molar-refractivity contribution in [2.75, 3.05) is 13.7 Å². The quantitative estimate of drug-likeness (QED) is 0.491. The Morgan fingerprint density at radius 3 is 2.10 bits per heavy atom. The Labute approximate surface area is 168 Å². The zero-order valence-corrected chi connectivity index (χ0v) is 15.9. The zero-order chi connectivity index (χ0) is 20.3. The van der Waals surface area contributed by atoms with Crippen LogP contribution in [0.1, 0.15) is 16.7 Å². The van der Waals surface area contributed by atoms with Crippen LogP contribution < -0.4 is 4.74 Å². The topological polar surface area (TPSA) is 68.9 Å². The Morgan fingerprint density at radius 1 is 0.931 bits per heavy atom. The molecule has 0 amide bonds. The summed E-state index contributed by atoms with van der Waals surface area (Å²) in [5.74, 6) is -0.670. The van der Waals surface area contributed by atoms with Gasteiger partial charge in [-0.1, -0.05) is 72.8 Å². The first kappa shape index (κ1) is 18.8. The molecule has 0 radical (unpaired) electrons. The SMILES string of the molecule is COC(c1ccccc1)(c1ccccc1)c1coc2c(OCC(=O)O)cccc12. The minimum Gasteiger partial charge on any atom is -0.479 e. The normalized spacial score (nSPS) is 11.5. The average molecular weight is 388 g/mol. The van der Waals surface area contributed by atoms with Gasteiger partial charge in [0.25, 0.3) is 0 Å². The lowest BCUT2D eigenvalue weighted by molar-refractivity contribution is -0.139. The number of furan rings is 1. The van der Waals surface area contributed by atoms with Crippen LogP contribution in [-0.2, 0) is 15.1 Å². The Hall–Kier alpha value is -3.57. The van der Waals surface area contributed by atoms with Crippen molar-refractivity contribution >= 4 is 16.9 Å². The summed E-state index contributed by atoms with van der Waals surface area (Å²) in [5, 5.41) is 9.74. The van der Waals surface area contributed by atoms with Gasteiger partial charge in [-0.15, -0.1) is 0 Å². The van der Waals surface area contributed by atoms with Crippen LogP contribution >= 0.6 is 0 Å². The van der Waals surface area contributed by atoms with E-state index in [0.717, 1.165) is 22.1 Å². The molecule has 5 nitrogen and oxygen atoms in total. The highest BCUT2D eigenvalue weighted by Crippen LogP contribution is 2.45. The van der Waals surface area contributed by atoms with E-state index in [-0.39, 0.29) is 0 Å². The van der Waals surface area contributed by atoms with Gasteiger partial charge in [-0.3, -0.25) is 0 Å². The average Bonchev–Trinajstić information content (AvgIpc) is 3.20. The molecule has 3 aromatic carbocycles. The Morgan fingerprint density at radius 2 is 1.55 bits per heavy atom. The molecule has 0 aliphatic carbocycles. The van der Waals surface area contributed by atoms with Crippen molar-refractivity contribution in [3.05, 3.63) is 102 Å². The standard InChI is InChI=1S/C24H20O5/c1-27-24(17-9-4-2-5-10-17,18-11-6-3-7-12-18)20-15-29-23-19(20)13-8-14-21(23)28-16-22(25)26/h2-15H,16H2,1H3,(H,25,26). The van der Waals surface area contributed by atoms with E-state index in [4.69, 9.17) is 19.0 Å². The molecule has 29 heavy (non-hydrogen) atoms. The second-order valence-corrected chi connectivity index (χ2v) is 6.58. The van der Waals surface area contributed by atoms with Crippen molar-refractivity contribution in [3.63, 3.8) is 0 Å². The van der Waals surface area contributed by atoms with E-state index < -0.39 is 18.2 Å². The highest BCUT2D eigenvalue weighted by molar-refractivity contribution is 5.88. The van der Waals surface area contributed by atoms with E-state index in [1.54, 1.807) is 19.4 Å². The van der Waals surface area contributed by atoms with Crippen molar-refractivity contribution in [1.29, 1.82) is 0 Å². The summed E-state index contributed by atoms with van der Waals surface area (Å²) in [4.78, 5) is 10.9. The molecule has 0 saturated carbocycles. The predicted octanol–water partition coefficient (Wildman–Crippen LogP) is 4.83. The number of benzene rings is 3. The molecular formula is C24H20O5. The fraction of sp³-hybridized carbons (Fsp3) is 0.125. The molecular weight excluding hydrogens is 368 g/mol. The smallest absolute Gasteiger partial charge is 0.341 e. The van der Waals surface area contributed by atoms with Crippen molar-refractivity contribution in [2.45, 2.75) is 5.60 Å². The first-order chi connectivity index (χ1) is 14.2. The van der Waals surface area contributed by atoms with Crippen molar-refractivity contribution in [1.82, 2.24) is 0 Å². The number of aliphatic carboxylic acids is 1. The molecule has 0 bridgehead atoms. The number of carbonyl (C=O) groups is 1. The van der Waals surface area contributed by atoms with E-state index in [0.29, 0.717) is 11.3 Å². The fourth-order valence-electron chi connectivity index (χ4n) is 3.73. The van der Waals surface area contributed by atoms with Crippen molar-refractivity contribution < 1.29 is 23.8 Å². The molecule has 5 heteroatoms. The predicted molar refractivity (Wildman–Crippen MR) is 109 cm³/mol. The van der Waals surface area contributed by atoms with Crippen LogP contribution in [0.4, 0.5) is 0 Å². The van der Waals surface area contributed by atoms with Crippen LogP contribution in [0, 0.1) is 0 Å². The molecule has 146 valence electrons. The minimum absolute atomic E-state index is 0.377. The number of rotatable bonds is 7. The van der Waals surface area contributed by atoms with Crippen LogP contribution in [0.5, 0.6) is 5.75 Å². The maximum Gasteiger partial charge on any atom is 0.341 e. The first-order valence-electron chi connectivity index (χ1n) is 9.18. The van der Waals surface area contributed by atoms with Crippen LogP contribution in [0.2, 0.25) is 0 Å². The summed E-state index contributed by atoms with van der Waals surface area (Å²) >= 11 is 0. The highest BCUT2D eigenvalue weighted by Gasteiger charge is 2.39. The van der Waals surface area contributed by atoms with E-state index in [2.05, 4.69) is 0 Å². The van der Waals surface area contributed by atoms with Gasteiger partial charge in [-0.2, -0.15) is 0 Å². The summed E-state index contributed by atoms with van der Waals surface area (Å²) in [6.45, 7) is -0.443. The first-order valence-corrected chi connectivity index (χ1v) is 9.18. The third-order valence-electron chi connectivity index (χ3n) is 4.96. The summed E-state index contributed by atoms with van der Waals surface area (Å²) in [6.07, 6.45) is 1.65. The van der Waals surface area contributed by atoms with Gasteiger partial charge in [0.15, 0.2) is 17.9 Å². The van der Waals surface area contributed by atoms with Gasteiger partial charge in [0.1, 0.15) is 5.60 Å². The minimum atomic E-state index is -1.05. The van der Waals surface area contributed by atoms with Gasteiger partial charge < -0.3 is 19.0 Å². The second kappa shape index (κ2) is 7.81. The monoisotopic (exact) mass is 388 g/mol. The van der Waals surface area contributed by atoms with Gasteiger partial charge in [-0.05, 0) is 17.2 Å². The molecule has 4 rings (SSSR count). The number of methoxy groups -OCH3 is 1. The molecule has 0 fully saturated rings. The third kappa shape index (κ3) is 3.26. The molecule has 0 aliphatic rings. The van der Waals surface area contributed by atoms with Crippen LogP contribution in [0.15, 0.2) is 89.5 Å². The van der Waals surface area contributed by atoms with Crippen LogP contribution in [0.3, 0.4) is 0 Å². The number of carboxylic acid groups (broad SMARTS) is 1. The Kier molecular flexibility index (Phi) is 5.06. The lowest BCUT2D eigenvalue weighted by Crippen LogP contribution is -2.31. The molecule has 1 N–H and O–H groups in total. The summed E-state index contributed by atoms with van der Waals surface area (Å²) in [5.41, 5.74) is 2.30. The second-order valence-electron chi connectivity index (χ2n) is 6.58. The Bertz CT molecular complexity index is 1080. The highest BCUT2D eigenvalue weighted by atomic mass is 16.5. The third-order valence-corrected chi connectivity index (χ3v) is 4.96. The number of fused-ring (bicyclic) bond motifs is 1. The number of carboxylic acids is 1.